The summed E-state index contributed by atoms with van der Waals surface area (Å²) < 4.78 is 5.15. The van der Waals surface area contributed by atoms with Gasteiger partial charge in [0.05, 0.1) is 13.4 Å². The van der Waals surface area contributed by atoms with Gasteiger partial charge in [0.25, 0.3) is 0 Å². The van der Waals surface area contributed by atoms with Gasteiger partial charge in [-0.2, -0.15) is 0 Å². The Labute approximate surface area is 82.2 Å². The van der Waals surface area contributed by atoms with E-state index in [0.717, 1.165) is 17.8 Å². The highest BCUT2D eigenvalue weighted by molar-refractivity contribution is 5.08. The Bertz CT molecular complexity index is 182. The van der Waals surface area contributed by atoms with Crippen molar-refractivity contribution in [3.05, 3.63) is 11.8 Å². The van der Waals surface area contributed by atoms with Crippen LogP contribution in [0.3, 0.4) is 0 Å². The molecule has 0 aromatic carbocycles. The van der Waals surface area contributed by atoms with Gasteiger partial charge in [0.2, 0.25) is 0 Å². The van der Waals surface area contributed by atoms with Crippen molar-refractivity contribution in [1.29, 1.82) is 0 Å². The predicted octanol–water partition coefficient (Wildman–Crippen LogP) is 3.61. The first kappa shape index (κ1) is 10.6. The minimum absolute atomic E-state index is 0.758. The van der Waals surface area contributed by atoms with Crippen LogP contribution in [0.4, 0.5) is 0 Å². The van der Waals surface area contributed by atoms with Crippen molar-refractivity contribution in [2.24, 2.45) is 17.8 Å². The summed E-state index contributed by atoms with van der Waals surface area (Å²) in [6.07, 6.45) is 5.93. The van der Waals surface area contributed by atoms with Gasteiger partial charge in [0.15, 0.2) is 0 Å². The third-order valence-corrected chi connectivity index (χ3v) is 3.10. The second-order valence-electron chi connectivity index (χ2n) is 4.67. The van der Waals surface area contributed by atoms with Gasteiger partial charge in [-0.15, -0.1) is 0 Å². The van der Waals surface area contributed by atoms with Crippen LogP contribution in [0.25, 0.3) is 0 Å². The van der Waals surface area contributed by atoms with Crippen LogP contribution in [-0.4, -0.2) is 7.11 Å². The normalized spacial score (nSPS) is 32.5. The fourth-order valence-electron chi connectivity index (χ4n) is 2.35. The van der Waals surface area contributed by atoms with E-state index in [1.54, 1.807) is 7.11 Å². The smallest absolute Gasteiger partial charge is 0.0819 e. The van der Waals surface area contributed by atoms with Gasteiger partial charge < -0.3 is 4.74 Å². The van der Waals surface area contributed by atoms with Crippen LogP contribution < -0.4 is 0 Å². The molecule has 0 N–H and O–H groups in total. The Morgan fingerprint density at radius 3 is 2.62 bits per heavy atom. The van der Waals surface area contributed by atoms with Crippen molar-refractivity contribution in [2.45, 2.75) is 40.0 Å². The van der Waals surface area contributed by atoms with E-state index >= 15 is 0 Å². The number of hydrogen-bond donors (Lipinski definition) is 0. The molecule has 0 aliphatic heterocycles. The van der Waals surface area contributed by atoms with E-state index in [4.69, 9.17) is 4.74 Å². The Hall–Kier alpha value is -0.460. The highest BCUT2D eigenvalue weighted by atomic mass is 16.5. The van der Waals surface area contributed by atoms with Gasteiger partial charge >= 0.3 is 0 Å². The zero-order chi connectivity index (χ0) is 9.84. The zero-order valence-electron chi connectivity index (χ0n) is 9.34. The first-order valence-corrected chi connectivity index (χ1v) is 5.36. The van der Waals surface area contributed by atoms with E-state index in [1.165, 1.54) is 24.8 Å². The molecule has 0 bridgehead atoms. The maximum absolute atomic E-state index is 5.15. The molecule has 1 saturated carbocycles. The van der Waals surface area contributed by atoms with Crippen molar-refractivity contribution in [1.82, 2.24) is 0 Å². The third kappa shape index (κ3) is 2.75. The van der Waals surface area contributed by atoms with Crippen molar-refractivity contribution in [3.8, 4) is 0 Å². The largest absolute Gasteiger partial charge is 0.504 e. The maximum atomic E-state index is 5.15. The van der Waals surface area contributed by atoms with E-state index in [2.05, 4.69) is 20.8 Å². The average molecular weight is 182 g/mol. The van der Waals surface area contributed by atoms with Crippen molar-refractivity contribution < 1.29 is 4.74 Å². The summed E-state index contributed by atoms with van der Waals surface area (Å²) in [6.45, 7) is 6.95. The molecule has 0 saturated heterocycles. The lowest BCUT2D eigenvalue weighted by Crippen LogP contribution is -2.20. The molecule has 1 fully saturated rings. The molecule has 0 spiro atoms. The quantitative estimate of drug-likeness (QED) is 0.593. The number of methoxy groups -OCH3 is 1. The molecular formula is C12H22O. The van der Waals surface area contributed by atoms with Gasteiger partial charge in [0.1, 0.15) is 0 Å². The molecule has 0 radical (unpaired) electrons. The molecule has 13 heavy (non-hydrogen) atoms. The molecule has 1 heteroatoms. The topological polar surface area (TPSA) is 9.23 Å². The highest BCUT2D eigenvalue weighted by Gasteiger charge is 2.25. The molecule has 1 rings (SSSR count). The zero-order valence-corrected chi connectivity index (χ0v) is 9.34. The highest BCUT2D eigenvalue weighted by Crippen LogP contribution is 2.37. The Kier molecular flexibility index (Phi) is 3.83. The van der Waals surface area contributed by atoms with Crippen LogP contribution >= 0.6 is 0 Å². The molecule has 0 aromatic rings. The van der Waals surface area contributed by atoms with Gasteiger partial charge in [-0.3, -0.25) is 0 Å². The number of hydrogen-bond acceptors (Lipinski definition) is 1. The maximum Gasteiger partial charge on any atom is 0.0819 e. The van der Waals surface area contributed by atoms with Crippen molar-refractivity contribution in [2.75, 3.05) is 7.11 Å². The Balaban J connectivity index is 2.66. The molecule has 1 aliphatic carbocycles. The SMILES string of the molecule is COC=C1C[C@H](C)CC[C@H]1C(C)C. The summed E-state index contributed by atoms with van der Waals surface area (Å²) in [4.78, 5) is 0. The van der Waals surface area contributed by atoms with Crippen molar-refractivity contribution in [3.63, 3.8) is 0 Å². The molecule has 0 amide bonds. The first-order chi connectivity index (χ1) is 6.15. The van der Waals surface area contributed by atoms with E-state index in [-0.39, 0.29) is 0 Å². The van der Waals surface area contributed by atoms with E-state index < -0.39 is 0 Å². The summed E-state index contributed by atoms with van der Waals surface area (Å²) >= 11 is 0. The fraction of sp³-hybridized carbons (Fsp3) is 0.833. The average Bonchev–Trinajstić information content (AvgIpc) is 2.04. The summed E-state index contributed by atoms with van der Waals surface area (Å²) in [7, 11) is 1.75. The fourth-order valence-corrected chi connectivity index (χ4v) is 2.35. The lowest BCUT2D eigenvalue weighted by molar-refractivity contribution is 0.274. The number of ether oxygens (including phenoxy) is 1. The number of rotatable bonds is 2. The lowest BCUT2D eigenvalue weighted by atomic mass is 9.74. The molecule has 76 valence electrons. The van der Waals surface area contributed by atoms with E-state index in [1.807, 2.05) is 6.26 Å². The molecule has 0 heterocycles. The summed E-state index contributed by atoms with van der Waals surface area (Å²) in [6, 6.07) is 0. The van der Waals surface area contributed by atoms with Gasteiger partial charge in [-0.1, -0.05) is 20.8 Å². The Morgan fingerprint density at radius 2 is 2.08 bits per heavy atom. The van der Waals surface area contributed by atoms with Crippen LogP contribution in [0.2, 0.25) is 0 Å². The first-order valence-electron chi connectivity index (χ1n) is 5.36. The Morgan fingerprint density at radius 1 is 1.38 bits per heavy atom. The second-order valence-corrected chi connectivity index (χ2v) is 4.67. The summed E-state index contributed by atoms with van der Waals surface area (Å²) in [5.74, 6) is 2.36. The van der Waals surface area contributed by atoms with Crippen LogP contribution in [0.15, 0.2) is 11.8 Å². The number of allylic oxidation sites excluding steroid dienone is 1. The van der Waals surface area contributed by atoms with Gasteiger partial charge in [0, 0.05) is 0 Å². The van der Waals surface area contributed by atoms with Crippen LogP contribution in [0.1, 0.15) is 40.0 Å². The minimum Gasteiger partial charge on any atom is -0.504 e. The molecule has 1 aliphatic rings. The van der Waals surface area contributed by atoms with Gasteiger partial charge in [-0.25, -0.2) is 0 Å². The van der Waals surface area contributed by atoms with E-state index in [0.29, 0.717) is 0 Å². The van der Waals surface area contributed by atoms with Crippen LogP contribution in [0.5, 0.6) is 0 Å². The van der Waals surface area contributed by atoms with Crippen LogP contribution in [0, 0.1) is 17.8 Å². The molecule has 0 aromatic heterocycles. The summed E-state index contributed by atoms with van der Waals surface area (Å²) in [5.41, 5.74) is 1.52. The van der Waals surface area contributed by atoms with E-state index in [9.17, 15) is 0 Å². The standard InChI is InChI=1S/C12H22O/c1-9(2)12-6-5-10(3)7-11(12)8-13-4/h8-10,12H,5-7H2,1-4H3/t10-,12+/m1/s1. The monoisotopic (exact) mass is 182 g/mol. The lowest BCUT2D eigenvalue weighted by Gasteiger charge is -2.31. The molecule has 1 nitrogen and oxygen atoms in total. The predicted molar refractivity (Wildman–Crippen MR) is 56.4 cm³/mol. The molecular weight excluding hydrogens is 160 g/mol. The molecule has 2 atom stereocenters. The minimum atomic E-state index is 0.758. The third-order valence-electron chi connectivity index (χ3n) is 3.10. The van der Waals surface area contributed by atoms with Crippen molar-refractivity contribution >= 4 is 0 Å². The summed E-state index contributed by atoms with van der Waals surface area (Å²) in [5, 5.41) is 0. The second kappa shape index (κ2) is 4.69. The molecule has 0 unspecified atom stereocenters. The van der Waals surface area contributed by atoms with Crippen LogP contribution in [-0.2, 0) is 4.74 Å². The van der Waals surface area contributed by atoms with Gasteiger partial charge in [-0.05, 0) is 42.6 Å².